The van der Waals surface area contributed by atoms with Crippen molar-refractivity contribution in [2.45, 2.75) is 32.9 Å². The summed E-state index contributed by atoms with van der Waals surface area (Å²) in [6.45, 7) is 4.62. The zero-order chi connectivity index (χ0) is 22.7. The molecule has 8 nitrogen and oxygen atoms in total. The van der Waals surface area contributed by atoms with Crippen molar-refractivity contribution in [2.75, 3.05) is 13.3 Å². The number of aryl methyl sites for hydroxylation is 1. The molecule has 4 rings (SSSR count). The third kappa shape index (κ3) is 4.30. The number of carbonyl (C=O) groups excluding carboxylic acids is 2. The quantitative estimate of drug-likeness (QED) is 0.595. The second-order valence-electron chi connectivity index (χ2n) is 7.59. The number of amides is 2. The molecule has 1 aliphatic heterocycles. The van der Waals surface area contributed by atoms with Crippen LogP contribution in [0.15, 0.2) is 53.5 Å². The summed E-state index contributed by atoms with van der Waals surface area (Å²) >= 11 is 0. The third-order valence-corrected chi connectivity index (χ3v) is 5.47. The van der Waals surface area contributed by atoms with Crippen LogP contribution in [-0.2, 0) is 11.3 Å². The van der Waals surface area contributed by atoms with E-state index in [-0.39, 0.29) is 42.7 Å². The molecule has 2 aromatic carbocycles. The molecule has 8 heteroatoms. The fourth-order valence-electron chi connectivity index (χ4n) is 3.73. The summed E-state index contributed by atoms with van der Waals surface area (Å²) in [6.07, 6.45) is 1.65. The molecule has 0 bridgehead atoms. The van der Waals surface area contributed by atoms with E-state index in [2.05, 4.69) is 10.6 Å². The van der Waals surface area contributed by atoms with Gasteiger partial charge in [-0.15, -0.1) is 0 Å². The van der Waals surface area contributed by atoms with E-state index in [4.69, 9.17) is 9.47 Å². The molecule has 0 saturated heterocycles. The molecule has 0 fully saturated rings. The van der Waals surface area contributed by atoms with Crippen molar-refractivity contribution in [1.29, 1.82) is 0 Å². The lowest BCUT2D eigenvalue weighted by atomic mass is 10.1. The van der Waals surface area contributed by atoms with Crippen LogP contribution in [0.5, 0.6) is 11.5 Å². The first kappa shape index (κ1) is 21.4. The first-order valence-electron chi connectivity index (χ1n) is 10.6. The summed E-state index contributed by atoms with van der Waals surface area (Å²) in [5.74, 6) is 0.366. The number of pyridine rings is 1. The van der Waals surface area contributed by atoms with Gasteiger partial charge in [-0.3, -0.25) is 14.4 Å². The third-order valence-electron chi connectivity index (χ3n) is 5.47. The molecule has 3 aromatic rings. The molecule has 0 saturated carbocycles. The van der Waals surface area contributed by atoms with Crippen LogP contribution >= 0.6 is 0 Å². The Morgan fingerprint density at radius 2 is 1.84 bits per heavy atom. The first-order valence-corrected chi connectivity index (χ1v) is 10.6. The maximum absolute atomic E-state index is 13.0. The largest absolute Gasteiger partial charge is 0.454 e. The molecule has 166 valence electrons. The van der Waals surface area contributed by atoms with Gasteiger partial charge in [0.15, 0.2) is 11.5 Å². The van der Waals surface area contributed by atoms with Gasteiger partial charge in [0.2, 0.25) is 18.1 Å². The molecular formula is C24H25N3O5. The number of fused-ring (bicyclic) bond motifs is 2. The van der Waals surface area contributed by atoms with Crippen LogP contribution in [0.1, 0.15) is 42.2 Å². The van der Waals surface area contributed by atoms with Gasteiger partial charge in [0.05, 0.1) is 16.9 Å². The highest BCUT2D eigenvalue weighted by molar-refractivity contribution is 5.98. The van der Waals surface area contributed by atoms with Gasteiger partial charge in [-0.05, 0) is 25.5 Å². The molecule has 0 spiro atoms. The van der Waals surface area contributed by atoms with E-state index in [9.17, 15) is 14.4 Å². The molecule has 2 heterocycles. The number of carbonyl (C=O) groups is 2. The number of hydrogen-bond donors (Lipinski definition) is 2. The lowest BCUT2D eigenvalue weighted by Gasteiger charge is -2.15. The maximum atomic E-state index is 13.0. The maximum Gasteiger partial charge on any atom is 0.256 e. The Kier molecular flexibility index (Phi) is 6.11. The smallest absolute Gasteiger partial charge is 0.256 e. The van der Waals surface area contributed by atoms with E-state index in [0.29, 0.717) is 28.9 Å². The van der Waals surface area contributed by atoms with Crippen molar-refractivity contribution >= 4 is 22.7 Å². The molecule has 0 aliphatic carbocycles. The van der Waals surface area contributed by atoms with E-state index in [1.54, 1.807) is 18.3 Å². The van der Waals surface area contributed by atoms with E-state index < -0.39 is 5.91 Å². The molecule has 1 aliphatic rings. The van der Waals surface area contributed by atoms with Crippen molar-refractivity contribution in [3.8, 4) is 11.5 Å². The fraction of sp³-hybridized carbons (Fsp3) is 0.292. The van der Waals surface area contributed by atoms with Gasteiger partial charge in [0.1, 0.15) is 5.56 Å². The molecule has 2 amide bonds. The zero-order valence-corrected chi connectivity index (χ0v) is 18.0. The van der Waals surface area contributed by atoms with Gasteiger partial charge in [-0.2, -0.15) is 0 Å². The average Bonchev–Trinajstić information content (AvgIpc) is 3.26. The summed E-state index contributed by atoms with van der Waals surface area (Å²) in [6, 6.07) is 12.9. The first-order chi connectivity index (χ1) is 15.5. The number of ether oxygens (including phenoxy) is 2. The molecule has 1 unspecified atom stereocenters. The van der Waals surface area contributed by atoms with E-state index in [1.165, 1.54) is 0 Å². The van der Waals surface area contributed by atoms with Crippen LogP contribution in [0.3, 0.4) is 0 Å². The van der Waals surface area contributed by atoms with Crippen LogP contribution < -0.4 is 25.5 Å². The van der Waals surface area contributed by atoms with Gasteiger partial charge >= 0.3 is 0 Å². The van der Waals surface area contributed by atoms with Gasteiger partial charge in [0.25, 0.3) is 5.91 Å². The highest BCUT2D eigenvalue weighted by Gasteiger charge is 2.20. The van der Waals surface area contributed by atoms with E-state index in [1.807, 2.05) is 48.7 Å². The second kappa shape index (κ2) is 9.13. The molecule has 1 aromatic heterocycles. The Morgan fingerprint density at radius 1 is 1.12 bits per heavy atom. The van der Waals surface area contributed by atoms with Crippen molar-refractivity contribution < 1.29 is 19.1 Å². The van der Waals surface area contributed by atoms with Crippen LogP contribution in [0.2, 0.25) is 0 Å². The lowest BCUT2D eigenvalue weighted by Crippen LogP contribution is -2.34. The summed E-state index contributed by atoms with van der Waals surface area (Å²) in [5.41, 5.74) is 1.31. The van der Waals surface area contributed by atoms with Crippen molar-refractivity contribution in [1.82, 2.24) is 15.2 Å². The Hall–Kier alpha value is -3.81. The molecular weight excluding hydrogens is 410 g/mol. The van der Waals surface area contributed by atoms with E-state index >= 15 is 0 Å². The number of hydrogen-bond acceptors (Lipinski definition) is 5. The van der Waals surface area contributed by atoms with Crippen molar-refractivity contribution in [2.24, 2.45) is 0 Å². The van der Waals surface area contributed by atoms with Gasteiger partial charge in [0, 0.05) is 31.8 Å². The normalized spacial score (nSPS) is 13.1. The number of benzene rings is 2. The topological polar surface area (TPSA) is 98.7 Å². The number of nitrogens with one attached hydrogen (secondary N) is 2. The Bertz CT molecular complexity index is 1220. The summed E-state index contributed by atoms with van der Waals surface area (Å²) < 4.78 is 12.6. The standard InChI is InChI=1S/C24H25N3O5/c1-3-27-13-18(23(29)17-11-20-21(12-19(17)27)32-14-31-20)24(30)25-10-9-22(28)26-15(2)16-7-5-4-6-8-16/h4-8,11-13,15H,3,9-10,14H2,1-2H3,(H,25,30)(H,26,28). The predicted molar refractivity (Wildman–Crippen MR) is 120 cm³/mol. The molecule has 2 N–H and O–H groups in total. The van der Waals surface area contributed by atoms with Crippen molar-refractivity contribution in [3.63, 3.8) is 0 Å². The average molecular weight is 435 g/mol. The minimum atomic E-state index is -0.513. The fourth-order valence-corrected chi connectivity index (χ4v) is 3.73. The Morgan fingerprint density at radius 3 is 2.56 bits per heavy atom. The van der Waals surface area contributed by atoms with Gasteiger partial charge < -0.3 is 24.7 Å². The number of rotatable bonds is 7. The monoisotopic (exact) mass is 435 g/mol. The highest BCUT2D eigenvalue weighted by Crippen LogP contribution is 2.35. The molecule has 0 radical (unpaired) electrons. The Balaban J connectivity index is 1.44. The lowest BCUT2D eigenvalue weighted by molar-refractivity contribution is -0.121. The summed E-state index contributed by atoms with van der Waals surface area (Å²) in [5, 5.41) is 5.98. The van der Waals surface area contributed by atoms with Crippen LogP contribution in [0, 0.1) is 0 Å². The summed E-state index contributed by atoms with van der Waals surface area (Å²) in [4.78, 5) is 38.0. The molecule has 32 heavy (non-hydrogen) atoms. The van der Waals surface area contributed by atoms with Crippen LogP contribution in [-0.4, -0.2) is 29.7 Å². The van der Waals surface area contributed by atoms with Crippen LogP contribution in [0.4, 0.5) is 0 Å². The summed E-state index contributed by atoms with van der Waals surface area (Å²) in [7, 11) is 0. The zero-order valence-electron chi connectivity index (χ0n) is 18.0. The van der Waals surface area contributed by atoms with E-state index in [0.717, 1.165) is 5.56 Å². The van der Waals surface area contributed by atoms with Crippen LogP contribution in [0.25, 0.3) is 10.9 Å². The predicted octanol–water partition coefficient (Wildman–Crippen LogP) is 2.75. The van der Waals surface area contributed by atoms with Crippen molar-refractivity contribution in [3.05, 3.63) is 70.0 Å². The minimum Gasteiger partial charge on any atom is -0.454 e. The number of nitrogens with zero attached hydrogens (tertiary/aromatic N) is 1. The van der Waals surface area contributed by atoms with Gasteiger partial charge in [-0.1, -0.05) is 30.3 Å². The van der Waals surface area contributed by atoms with Gasteiger partial charge in [-0.25, -0.2) is 0 Å². The SMILES string of the molecule is CCn1cc(C(=O)NCCC(=O)NC(C)c2ccccc2)c(=O)c2cc3c(cc21)OCO3. The molecule has 1 atom stereocenters. The Labute approximate surface area is 185 Å². The highest BCUT2D eigenvalue weighted by atomic mass is 16.7. The minimum absolute atomic E-state index is 0.0243. The number of aromatic nitrogens is 1. The second-order valence-corrected chi connectivity index (χ2v) is 7.59.